The number of carbonyl (C=O) groups is 2. The maximum atomic E-state index is 12.9. The van der Waals surface area contributed by atoms with Crippen molar-refractivity contribution in [2.24, 2.45) is 0 Å². The first-order valence-corrected chi connectivity index (χ1v) is 8.52. The molecule has 1 amide bonds. The molecule has 1 aromatic rings. The van der Waals surface area contributed by atoms with Crippen molar-refractivity contribution in [3.8, 4) is 0 Å². The number of hydrogen-bond donors (Lipinski definition) is 0. The molecule has 1 fully saturated rings. The number of halogens is 1. The van der Waals surface area contributed by atoms with E-state index in [1.165, 1.54) is 0 Å². The third kappa shape index (κ3) is 3.50. The molecule has 0 N–H and O–H groups in total. The Morgan fingerprint density at radius 1 is 1.26 bits per heavy atom. The molecule has 1 heterocycles. The van der Waals surface area contributed by atoms with E-state index in [1.807, 2.05) is 39.0 Å². The average Bonchev–Trinajstić information content (AvgIpc) is 2.83. The molecule has 23 heavy (non-hydrogen) atoms. The fourth-order valence-corrected chi connectivity index (χ4v) is 3.37. The van der Waals surface area contributed by atoms with Gasteiger partial charge in [-0.2, -0.15) is 0 Å². The minimum absolute atomic E-state index is 0.164. The van der Waals surface area contributed by atoms with Crippen LogP contribution >= 0.6 is 15.9 Å². The zero-order valence-electron chi connectivity index (χ0n) is 13.9. The lowest BCUT2D eigenvalue weighted by Gasteiger charge is -2.36. The molecular weight excluding hydrogens is 358 g/mol. The predicted molar refractivity (Wildman–Crippen MR) is 93.4 cm³/mol. The zero-order chi connectivity index (χ0) is 17.3. The summed E-state index contributed by atoms with van der Waals surface area (Å²) in [6.45, 7) is 7.71. The summed E-state index contributed by atoms with van der Waals surface area (Å²) in [6.07, 6.45) is 0.638. The van der Waals surface area contributed by atoms with E-state index in [4.69, 9.17) is 4.74 Å². The fourth-order valence-electron chi connectivity index (χ4n) is 2.69. The van der Waals surface area contributed by atoms with Crippen LogP contribution in [0.25, 0.3) is 0 Å². The van der Waals surface area contributed by atoms with Gasteiger partial charge in [-0.05, 0) is 56.8 Å². The van der Waals surface area contributed by atoms with Crippen LogP contribution < -0.4 is 0 Å². The van der Waals surface area contributed by atoms with Crippen molar-refractivity contribution in [2.45, 2.75) is 45.3 Å². The van der Waals surface area contributed by atoms with Gasteiger partial charge in [0.2, 0.25) is 0 Å². The van der Waals surface area contributed by atoms with Crippen LogP contribution in [-0.2, 0) is 9.53 Å². The van der Waals surface area contributed by atoms with Gasteiger partial charge in [0, 0.05) is 12.1 Å². The molecule has 1 aliphatic rings. The number of carbonyl (C=O) groups excluding carboxylic acids is 2. The molecule has 0 aliphatic carbocycles. The molecule has 1 aromatic carbocycles. The second kappa shape index (κ2) is 6.48. The zero-order valence-corrected chi connectivity index (χ0v) is 15.5. The van der Waals surface area contributed by atoms with E-state index < -0.39 is 17.1 Å². The third-order valence-corrected chi connectivity index (χ3v) is 4.52. The van der Waals surface area contributed by atoms with Crippen molar-refractivity contribution in [3.63, 3.8) is 0 Å². The standard InChI is InChI=1S/C18H22BrNO3/c1-17(2,3)23-16(22)18(4)14(12-19)10-11-20(18)15(21)13-8-6-5-7-9-13/h5-9,12H,10-11H2,1-4H3/b14-12-/t18-/m1/s1. The number of hydrogen-bond acceptors (Lipinski definition) is 3. The van der Waals surface area contributed by atoms with E-state index in [2.05, 4.69) is 15.9 Å². The van der Waals surface area contributed by atoms with Crippen molar-refractivity contribution in [1.29, 1.82) is 0 Å². The summed E-state index contributed by atoms with van der Waals surface area (Å²) in [5, 5.41) is 0. The molecular formula is C18H22BrNO3. The number of rotatable bonds is 2. The Balaban J connectivity index is 2.39. The first-order valence-electron chi connectivity index (χ1n) is 7.60. The topological polar surface area (TPSA) is 46.6 Å². The molecule has 0 radical (unpaired) electrons. The van der Waals surface area contributed by atoms with E-state index in [0.717, 1.165) is 5.57 Å². The lowest BCUT2D eigenvalue weighted by Crippen LogP contribution is -2.53. The van der Waals surface area contributed by atoms with Gasteiger partial charge in [0.25, 0.3) is 5.91 Å². The van der Waals surface area contributed by atoms with Gasteiger partial charge in [-0.15, -0.1) is 0 Å². The van der Waals surface area contributed by atoms with Crippen molar-refractivity contribution in [3.05, 3.63) is 46.5 Å². The van der Waals surface area contributed by atoms with Crippen LogP contribution in [0.1, 0.15) is 44.5 Å². The van der Waals surface area contributed by atoms with Crippen molar-refractivity contribution < 1.29 is 14.3 Å². The SMILES string of the molecule is CC(C)(C)OC(=O)[C@@]1(C)/C(=C\Br)CCN1C(=O)c1ccccc1. The Morgan fingerprint density at radius 3 is 2.39 bits per heavy atom. The van der Waals surface area contributed by atoms with Crippen LogP contribution in [0.4, 0.5) is 0 Å². The summed E-state index contributed by atoms with van der Waals surface area (Å²) >= 11 is 3.32. The van der Waals surface area contributed by atoms with E-state index in [-0.39, 0.29) is 5.91 Å². The molecule has 0 saturated carbocycles. The van der Waals surface area contributed by atoms with Crippen LogP contribution in [0, 0.1) is 0 Å². The normalized spacial score (nSPS) is 23.2. The van der Waals surface area contributed by atoms with Crippen LogP contribution in [0.5, 0.6) is 0 Å². The summed E-state index contributed by atoms with van der Waals surface area (Å²) in [5.41, 5.74) is -0.292. The van der Waals surface area contributed by atoms with Crippen LogP contribution in [0.2, 0.25) is 0 Å². The highest BCUT2D eigenvalue weighted by Gasteiger charge is 2.51. The van der Waals surface area contributed by atoms with Crippen molar-refractivity contribution in [2.75, 3.05) is 6.54 Å². The van der Waals surface area contributed by atoms with Gasteiger partial charge in [0.1, 0.15) is 5.60 Å². The van der Waals surface area contributed by atoms with Crippen molar-refractivity contribution >= 4 is 27.8 Å². The monoisotopic (exact) mass is 379 g/mol. The lowest BCUT2D eigenvalue weighted by atomic mass is 9.93. The summed E-state index contributed by atoms with van der Waals surface area (Å²) < 4.78 is 5.58. The van der Waals surface area contributed by atoms with Gasteiger partial charge in [0.05, 0.1) is 0 Å². The van der Waals surface area contributed by atoms with Gasteiger partial charge in [-0.25, -0.2) is 4.79 Å². The van der Waals surface area contributed by atoms with Gasteiger partial charge in [0.15, 0.2) is 5.54 Å². The smallest absolute Gasteiger partial charge is 0.336 e. The van der Waals surface area contributed by atoms with Crippen LogP contribution in [0.3, 0.4) is 0 Å². The van der Waals surface area contributed by atoms with Crippen molar-refractivity contribution in [1.82, 2.24) is 4.90 Å². The van der Waals surface area contributed by atoms with Gasteiger partial charge in [-0.3, -0.25) is 4.79 Å². The Hall–Kier alpha value is -1.62. The highest BCUT2D eigenvalue weighted by atomic mass is 79.9. The second-order valence-corrected chi connectivity index (χ2v) is 7.24. The molecule has 4 nitrogen and oxygen atoms in total. The second-order valence-electron chi connectivity index (χ2n) is 6.78. The maximum absolute atomic E-state index is 12.9. The van der Waals surface area contributed by atoms with E-state index in [0.29, 0.717) is 18.5 Å². The quantitative estimate of drug-likeness (QED) is 0.731. The molecule has 124 valence electrons. The molecule has 0 unspecified atom stereocenters. The molecule has 5 heteroatoms. The number of likely N-dealkylation sites (tertiary alicyclic amines) is 1. The fraction of sp³-hybridized carbons (Fsp3) is 0.444. The highest BCUT2D eigenvalue weighted by Crippen LogP contribution is 2.38. The summed E-state index contributed by atoms with van der Waals surface area (Å²) in [4.78, 5) is 29.0. The minimum Gasteiger partial charge on any atom is -0.458 e. The Morgan fingerprint density at radius 2 is 1.87 bits per heavy atom. The highest BCUT2D eigenvalue weighted by molar-refractivity contribution is 9.11. The molecule has 0 bridgehead atoms. The molecule has 2 rings (SSSR count). The van der Waals surface area contributed by atoms with Crippen LogP contribution in [-0.4, -0.2) is 34.5 Å². The predicted octanol–water partition coefficient (Wildman–Crippen LogP) is 3.91. The van der Waals surface area contributed by atoms with Gasteiger partial charge < -0.3 is 9.64 Å². The molecule has 0 aromatic heterocycles. The third-order valence-electron chi connectivity index (χ3n) is 3.96. The average molecular weight is 380 g/mol. The summed E-state index contributed by atoms with van der Waals surface area (Å²) in [6, 6.07) is 9.00. The Kier molecular flexibility index (Phi) is 4.99. The Bertz CT molecular complexity index is 633. The summed E-state index contributed by atoms with van der Waals surface area (Å²) in [7, 11) is 0. The number of benzene rings is 1. The van der Waals surface area contributed by atoms with Crippen LogP contribution in [0.15, 0.2) is 40.9 Å². The lowest BCUT2D eigenvalue weighted by molar-refractivity contribution is -0.163. The number of ether oxygens (including phenoxy) is 1. The van der Waals surface area contributed by atoms with E-state index in [9.17, 15) is 9.59 Å². The van der Waals surface area contributed by atoms with E-state index >= 15 is 0 Å². The number of nitrogens with zero attached hydrogens (tertiary/aromatic N) is 1. The Labute approximate surface area is 145 Å². The first kappa shape index (κ1) is 17.7. The molecule has 1 saturated heterocycles. The van der Waals surface area contributed by atoms with E-state index in [1.54, 1.807) is 28.9 Å². The first-order chi connectivity index (χ1) is 10.7. The molecule has 1 atom stereocenters. The molecule has 0 spiro atoms. The number of amides is 1. The molecule has 1 aliphatic heterocycles. The largest absolute Gasteiger partial charge is 0.458 e. The maximum Gasteiger partial charge on any atom is 0.336 e. The minimum atomic E-state index is -1.09. The van der Waals surface area contributed by atoms with Gasteiger partial charge in [-0.1, -0.05) is 34.1 Å². The summed E-state index contributed by atoms with van der Waals surface area (Å²) in [5.74, 6) is -0.569. The number of esters is 1. The van der Waals surface area contributed by atoms with Gasteiger partial charge >= 0.3 is 5.97 Å².